The Morgan fingerprint density at radius 3 is 2.90 bits per heavy atom. The van der Waals surface area contributed by atoms with Gasteiger partial charge in [0.25, 0.3) is 0 Å². The number of nitrogens with zero attached hydrogens (tertiary/aromatic N) is 2. The summed E-state index contributed by atoms with van der Waals surface area (Å²) >= 11 is 14.8. The number of aryl methyl sites for hydroxylation is 1. The maximum absolute atomic E-state index is 9.18. The van der Waals surface area contributed by atoms with Gasteiger partial charge in [0.05, 0.1) is 10.0 Å². The molecule has 106 valence electrons. The molecule has 0 aliphatic rings. The van der Waals surface area contributed by atoms with E-state index in [1.165, 1.54) is 16.9 Å². The van der Waals surface area contributed by atoms with Crippen molar-refractivity contribution >= 4 is 52.0 Å². The Hall–Kier alpha value is -0.750. The van der Waals surface area contributed by atoms with Crippen LogP contribution in [0.5, 0.6) is 0 Å². The number of hydrogen-bond donors (Lipinski definition) is 1. The molecule has 0 saturated carbocycles. The van der Waals surface area contributed by atoms with E-state index < -0.39 is 0 Å². The lowest BCUT2D eigenvalue weighted by molar-refractivity contribution is 0.319. The number of oxime groups is 1. The van der Waals surface area contributed by atoms with Gasteiger partial charge in [0, 0.05) is 28.6 Å². The van der Waals surface area contributed by atoms with Gasteiger partial charge >= 0.3 is 0 Å². The van der Waals surface area contributed by atoms with Gasteiger partial charge in [0.1, 0.15) is 4.34 Å². The number of thiophene rings is 1. The SMILES string of the molecule is CCc1cnccc1SC/C(=N\O)c1cc(Cl)sc1Cl. The molecular weight excluding hydrogens is 335 g/mol. The van der Waals surface area contributed by atoms with Crippen molar-refractivity contribution < 1.29 is 5.21 Å². The summed E-state index contributed by atoms with van der Waals surface area (Å²) in [6, 6.07) is 3.68. The number of thioether (sulfide) groups is 1. The van der Waals surface area contributed by atoms with Crippen LogP contribution in [-0.4, -0.2) is 21.7 Å². The summed E-state index contributed by atoms with van der Waals surface area (Å²) in [5, 5.41) is 12.5. The van der Waals surface area contributed by atoms with Gasteiger partial charge in [-0.25, -0.2) is 0 Å². The molecule has 0 fully saturated rings. The van der Waals surface area contributed by atoms with Gasteiger partial charge in [0.15, 0.2) is 0 Å². The van der Waals surface area contributed by atoms with E-state index in [0.717, 1.165) is 11.3 Å². The minimum absolute atomic E-state index is 0.514. The van der Waals surface area contributed by atoms with E-state index in [0.29, 0.717) is 25.7 Å². The molecule has 20 heavy (non-hydrogen) atoms. The molecule has 0 aliphatic carbocycles. The topological polar surface area (TPSA) is 45.5 Å². The lowest BCUT2D eigenvalue weighted by Gasteiger charge is -2.07. The van der Waals surface area contributed by atoms with Gasteiger partial charge in [-0.3, -0.25) is 4.98 Å². The van der Waals surface area contributed by atoms with Gasteiger partial charge < -0.3 is 5.21 Å². The van der Waals surface area contributed by atoms with Crippen molar-refractivity contribution in [2.45, 2.75) is 18.2 Å². The molecular formula is C13H12Cl2N2OS2. The van der Waals surface area contributed by atoms with Crippen molar-refractivity contribution in [3.05, 3.63) is 44.3 Å². The highest BCUT2D eigenvalue weighted by Gasteiger charge is 2.14. The Balaban J connectivity index is 2.14. The molecule has 0 unspecified atom stereocenters. The third-order valence-corrected chi connectivity index (χ3v) is 5.31. The summed E-state index contributed by atoms with van der Waals surface area (Å²) in [4.78, 5) is 5.24. The Labute approximate surface area is 135 Å². The quantitative estimate of drug-likeness (QED) is 0.359. The van der Waals surface area contributed by atoms with E-state index in [1.54, 1.807) is 24.0 Å². The molecule has 0 atom stereocenters. The summed E-state index contributed by atoms with van der Waals surface area (Å²) < 4.78 is 1.11. The summed E-state index contributed by atoms with van der Waals surface area (Å²) in [7, 11) is 0. The van der Waals surface area contributed by atoms with Crippen LogP contribution in [0.3, 0.4) is 0 Å². The molecule has 0 radical (unpaired) electrons. The fourth-order valence-electron chi connectivity index (χ4n) is 1.66. The zero-order chi connectivity index (χ0) is 14.5. The van der Waals surface area contributed by atoms with Crippen LogP contribution in [0.1, 0.15) is 18.1 Å². The number of hydrogen-bond acceptors (Lipinski definition) is 5. The molecule has 0 amide bonds. The van der Waals surface area contributed by atoms with Crippen molar-refractivity contribution in [1.82, 2.24) is 4.98 Å². The van der Waals surface area contributed by atoms with Crippen LogP contribution in [0.4, 0.5) is 0 Å². The lowest BCUT2D eigenvalue weighted by Crippen LogP contribution is -2.04. The molecule has 0 saturated heterocycles. The molecule has 0 spiro atoms. The molecule has 0 aliphatic heterocycles. The Kier molecular flexibility index (Phi) is 5.72. The van der Waals surface area contributed by atoms with Gasteiger partial charge in [-0.05, 0) is 24.1 Å². The van der Waals surface area contributed by atoms with Crippen LogP contribution in [-0.2, 0) is 6.42 Å². The number of rotatable bonds is 5. The lowest BCUT2D eigenvalue weighted by atomic mass is 10.2. The molecule has 0 bridgehead atoms. The molecule has 2 rings (SSSR count). The Morgan fingerprint density at radius 2 is 2.30 bits per heavy atom. The van der Waals surface area contributed by atoms with Gasteiger partial charge in [0.2, 0.25) is 0 Å². The highest BCUT2D eigenvalue weighted by Crippen LogP contribution is 2.33. The van der Waals surface area contributed by atoms with Crippen LogP contribution in [0.15, 0.2) is 34.6 Å². The predicted octanol–water partition coefficient (Wildman–Crippen LogP) is 4.98. The van der Waals surface area contributed by atoms with Crippen LogP contribution in [0.2, 0.25) is 8.67 Å². The summed E-state index contributed by atoms with van der Waals surface area (Å²) in [6.45, 7) is 2.08. The molecule has 2 heterocycles. The Morgan fingerprint density at radius 1 is 1.50 bits per heavy atom. The average molecular weight is 347 g/mol. The summed E-state index contributed by atoms with van der Waals surface area (Å²) in [6.07, 6.45) is 4.52. The first-order valence-corrected chi connectivity index (χ1v) is 8.43. The number of halogens is 2. The molecule has 0 aromatic carbocycles. The van der Waals surface area contributed by atoms with E-state index >= 15 is 0 Å². The van der Waals surface area contributed by atoms with Crippen LogP contribution < -0.4 is 0 Å². The second kappa shape index (κ2) is 7.31. The molecule has 1 N–H and O–H groups in total. The highest BCUT2D eigenvalue weighted by molar-refractivity contribution is 8.00. The third kappa shape index (κ3) is 3.67. The van der Waals surface area contributed by atoms with Crippen LogP contribution in [0.25, 0.3) is 0 Å². The second-order valence-corrected chi connectivity index (χ2v) is 7.21. The smallest absolute Gasteiger partial charge is 0.104 e. The third-order valence-electron chi connectivity index (χ3n) is 2.69. The van der Waals surface area contributed by atoms with Crippen molar-refractivity contribution in [2.75, 3.05) is 5.75 Å². The van der Waals surface area contributed by atoms with E-state index in [4.69, 9.17) is 23.2 Å². The van der Waals surface area contributed by atoms with Crippen molar-refractivity contribution in [3.8, 4) is 0 Å². The first kappa shape index (κ1) is 15.6. The summed E-state index contributed by atoms with van der Waals surface area (Å²) in [5.74, 6) is 0.514. The average Bonchev–Trinajstić information content (AvgIpc) is 2.79. The van der Waals surface area contributed by atoms with Gasteiger partial charge in [-0.1, -0.05) is 35.3 Å². The largest absolute Gasteiger partial charge is 0.411 e. The molecule has 2 aromatic rings. The highest BCUT2D eigenvalue weighted by atomic mass is 35.5. The minimum atomic E-state index is 0.514. The number of aromatic nitrogens is 1. The Bertz CT molecular complexity index is 629. The van der Waals surface area contributed by atoms with Crippen LogP contribution in [0, 0.1) is 0 Å². The van der Waals surface area contributed by atoms with E-state index in [2.05, 4.69) is 17.1 Å². The first-order chi connectivity index (χ1) is 9.65. The zero-order valence-electron chi connectivity index (χ0n) is 10.6. The van der Waals surface area contributed by atoms with Crippen molar-refractivity contribution in [2.24, 2.45) is 5.16 Å². The first-order valence-electron chi connectivity index (χ1n) is 5.87. The second-order valence-electron chi connectivity index (χ2n) is 3.91. The monoisotopic (exact) mass is 346 g/mol. The standard InChI is InChI=1S/C13H12Cl2N2OS2/c1-2-8-6-16-4-3-11(8)19-7-10(17-18)9-5-12(14)20-13(9)15/h3-6,18H,2,7H2,1H3/b17-10+. The van der Waals surface area contributed by atoms with E-state index in [1.807, 2.05) is 12.3 Å². The molecule has 7 heteroatoms. The normalized spacial score (nSPS) is 11.8. The van der Waals surface area contributed by atoms with Gasteiger partial charge in [-0.2, -0.15) is 0 Å². The van der Waals surface area contributed by atoms with Crippen LogP contribution >= 0.6 is 46.3 Å². The van der Waals surface area contributed by atoms with E-state index in [-0.39, 0.29) is 0 Å². The fraction of sp³-hybridized carbons (Fsp3) is 0.231. The predicted molar refractivity (Wildman–Crippen MR) is 87.0 cm³/mol. The van der Waals surface area contributed by atoms with Crippen molar-refractivity contribution in [3.63, 3.8) is 0 Å². The minimum Gasteiger partial charge on any atom is -0.411 e. The fourth-order valence-corrected chi connectivity index (χ4v) is 4.22. The number of pyridine rings is 1. The van der Waals surface area contributed by atoms with E-state index in [9.17, 15) is 5.21 Å². The summed E-state index contributed by atoms with van der Waals surface area (Å²) in [5.41, 5.74) is 2.37. The molecule has 3 nitrogen and oxygen atoms in total. The van der Waals surface area contributed by atoms with Gasteiger partial charge in [-0.15, -0.1) is 23.1 Å². The molecule has 2 aromatic heterocycles. The maximum Gasteiger partial charge on any atom is 0.104 e. The zero-order valence-corrected chi connectivity index (χ0v) is 13.8. The van der Waals surface area contributed by atoms with Crippen molar-refractivity contribution in [1.29, 1.82) is 0 Å². The maximum atomic E-state index is 9.18.